The molecule has 0 N–H and O–H groups in total. The topological polar surface area (TPSA) is 69.7 Å². The number of carbonyl (C=O) groups excluding carboxylic acids is 3. The Morgan fingerprint density at radius 1 is 1.26 bits per heavy atom. The van der Waals surface area contributed by atoms with Gasteiger partial charge in [0.05, 0.1) is 26.2 Å². The molecule has 0 spiro atoms. The molecule has 102 valence electrons. The first-order valence-corrected chi connectivity index (χ1v) is 5.80. The van der Waals surface area contributed by atoms with Gasteiger partial charge in [-0.2, -0.15) is 0 Å². The van der Waals surface area contributed by atoms with Crippen LogP contribution in [0, 0.1) is 5.92 Å². The Morgan fingerprint density at radius 2 is 2.00 bits per heavy atom. The van der Waals surface area contributed by atoms with Crippen LogP contribution in [-0.2, 0) is 25.5 Å². The Hall–Kier alpha value is -2.17. The highest BCUT2D eigenvalue weighted by molar-refractivity contribution is 5.89. The lowest BCUT2D eigenvalue weighted by atomic mass is 9.96. The largest absolute Gasteiger partial charge is 0.469 e. The van der Waals surface area contributed by atoms with Crippen molar-refractivity contribution in [1.29, 1.82) is 0 Å². The van der Waals surface area contributed by atoms with E-state index in [1.54, 1.807) is 24.3 Å². The Labute approximate surface area is 111 Å². The van der Waals surface area contributed by atoms with Gasteiger partial charge in [-0.3, -0.25) is 4.79 Å². The lowest BCUT2D eigenvalue weighted by molar-refractivity contribution is -0.142. The number of benzene rings is 1. The molecule has 5 nitrogen and oxygen atoms in total. The second kappa shape index (κ2) is 7.31. The van der Waals surface area contributed by atoms with E-state index in [1.165, 1.54) is 14.2 Å². The van der Waals surface area contributed by atoms with Crippen LogP contribution in [0.3, 0.4) is 0 Å². The first kappa shape index (κ1) is 14.9. The molecule has 0 heterocycles. The highest BCUT2D eigenvalue weighted by Crippen LogP contribution is 2.13. The number of ether oxygens (including phenoxy) is 2. The zero-order valence-corrected chi connectivity index (χ0v) is 10.9. The molecule has 0 aromatic heterocycles. The van der Waals surface area contributed by atoms with E-state index in [1.807, 2.05) is 0 Å². The molecule has 0 amide bonds. The first-order chi connectivity index (χ1) is 9.10. The summed E-state index contributed by atoms with van der Waals surface area (Å²) in [5.41, 5.74) is 1.21. The molecule has 19 heavy (non-hydrogen) atoms. The number of hydrogen-bond acceptors (Lipinski definition) is 5. The zero-order valence-electron chi connectivity index (χ0n) is 10.9. The normalized spacial score (nSPS) is 11.5. The van der Waals surface area contributed by atoms with Crippen LogP contribution in [0.1, 0.15) is 22.3 Å². The van der Waals surface area contributed by atoms with Crippen LogP contribution in [0.15, 0.2) is 24.3 Å². The van der Waals surface area contributed by atoms with Gasteiger partial charge in [-0.25, -0.2) is 4.79 Å². The Morgan fingerprint density at radius 3 is 2.58 bits per heavy atom. The average Bonchev–Trinajstić information content (AvgIpc) is 2.45. The van der Waals surface area contributed by atoms with Crippen LogP contribution in [0.4, 0.5) is 0 Å². The Bertz CT molecular complexity index is 467. The van der Waals surface area contributed by atoms with Gasteiger partial charge in [0, 0.05) is 5.92 Å². The van der Waals surface area contributed by atoms with Crippen LogP contribution < -0.4 is 0 Å². The number of methoxy groups -OCH3 is 2. The molecule has 0 aliphatic carbocycles. The number of esters is 2. The van der Waals surface area contributed by atoms with Gasteiger partial charge in [-0.1, -0.05) is 12.1 Å². The van der Waals surface area contributed by atoms with Crippen LogP contribution in [0.5, 0.6) is 0 Å². The van der Waals surface area contributed by atoms with Crippen molar-refractivity contribution >= 4 is 18.2 Å². The lowest BCUT2D eigenvalue weighted by Gasteiger charge is -2.09. The van der Waals surface area contributed by atoms with Gasteiger partial charge in [-0.05, 0) is 24.1 Å². The quantitative estimate of drug-likeness (QED) is 0.573. The summed E-state index contributed by atoms with van der Waals surface area (Å²) in [6.45, 7) is 0. The van der Waals surface area contributed by atoms with Crippen molar-refractivity contribution < 1.29 is 23.9 Å². The van der Waals surface area contributed by atoms with Crippen LogP contribution in [0.25, 0.3) is 0 Å². The fourth-order valence-corrected chi connectivity index (χ4v) is 1.71. The maximum atomic E-state index is 11.4. The van der Waals surface area contributed by atoms with Gasteiger partial charge in [-0.15, -0.1) is 0 Å². The molecule has 0 saturated carbocycles. The summed E-state index contributed by atoms with van der Waals surface area (Å²) in [7, 11) is 2.59. The summed E-state index contributed by atoms with van der Waals surface area (Å²) < 4.78 is 9.15. The average molecular weight is 264 g/mol. The summed E-state index contributed by atoms with van der Waals surface area (Å²) in [6.07, 6.45) is 1.13. The minimum Gasteiger partial charge on any atom is -0.469 e. The maximum Gasteiger partial charge on any atom is 0.337 e. The summed E-state index contributed by atoms with van der Waals surface area (Å²) >= 11 is 0. The summed E-state index contributed by atoms with van der Waals surface area (Å²) in [4.78, 5) is 33.5. The molecule has 0 saturated heterocycles. The standard InChI is InChI=1S/C14H16O5/c1-18-13(16)8-11(9-15)6-10-4-3-5-12(7-10)14(17)19-2/h3-5,7,9,11H,6,8H2,1-2H3. The molecular weight excluding hydrogens is 248 g/mol. The predicted octanol–water partition coefficient (Wildman–Crippen LogP) is 1.39. The van der Waals surface area contributed by atoms with Crippen molar-refractivity contribution in [3.8, 4) is 0 Å². The summed E-state index contributed by atoms with van der Waals surface area (Å²) in [6, 6.07) is 6.78. The van der Waals surface area contributed by atoms with Crippen molar-refractivity contribution in [2.75, 3.05) is 14.2 Å². The molecule has 0 aliphatic rings. The minimum absolute atomic E-state index is 0.0302. The van der Waals surface area contributed by atoms with E-state index in [-0.39, 0.29) is 6.42 Å². The van der Waals surface area contributed by atoms with Crippen molar-refractivity contribution in [2.24, 2.45) is 5.92 Å². The van der Waals surface area contributed by atoms with E-state index in [2.05, 4.69) is 9.47 Å². The number of carbonyl (C=O) groups is 3. The molecule has 1 rings (SSSR count). The molecule has 1 aromatic rings. The highest BCUT2D eigenvalue weighted by atomic mass is 16.5. The Balaban J connectivity index is 2.77. The predicted molar refractivity (Wildman–Crippen MR) is 67.7 cm³/mol. The number of hydrogen-bond donors (Lipinski definition) is 0. The van der Waals surface area contributed by atoms with Crippen LogP contribution in [0.2, 0.25) is 0 Å². The van der Waals surface area contributed by atoms with Crippen molar-refractivity contribution in [3.63, 3.8) is 0 Å². The molecule has 0 aliphatic heterocycles. The van der Waals surface area contributed by atoms with Gasteiger partial charge < -0.3 is 14.3 Å². The molecule has 0 bridgehead atoms. The molecule has 1 aromatic carbocycles. The molecular formula is C14H16O5. The van der Waals surface area contributed by atoms with E-state index >= 15 is 0 Å². The monoisotopic (exact) mass is 264 g/mol. The molecule has 5 heteroatoms. The van der Waals surface area contributed by atoms with Crippen LogP contribution in [-0.4, -0.2) is 32.4 Å². The lowest BCUT2D eigenvalue weighted by Crippen LogP contribution is -2.14. The van der Waals surface area contributed by atoms with E-state index < -0.39 is 17.9 Å². The fraction of sp³-hybridized carbons (Fsp3) is 0.357. The Kier molecular flexibility index (Phi) is 5.73. The van der Waals surface area contributed by atoms with Gasteiger partial charge >= 0.3 is 11.9 Å². The summed E-state index contributed by atoms with van der Waals surface area (Å²) in [5.74, 6) is -1.32. The van der Waals surface area contributed by atoms with E-state index in [0.717, 1.165) is 11.8 Å². The molecule has 0 fully saturated rings. The van der Waals surface area contributed by atoms with Gasteiger partial charge in [0.2, 0.25) is 0 Å². The van der Waals surface area contributed by atoms with Crippen LogP contribution >= 0.6 is 0 Å². The second-order valence-electron chi connectivity index (χ2n) is 4.07. The zero-order chi connectivity index (χ0) is 14.3. The number of rotatable bonds is 6. The molecule has 1 atom stereocenters. The number of aldehydes is 1. The van der Waals surface area contributed by atoms with E-state index in [9.17, 15) is 14.4 Å². The van der Waals surface area contributed by atoms with Crippen molar-refractivity contribution in [2.45, 2.75) is 12.8 Å². The minimum atomic E-state index is -0.458. The molecule has 0 radical (unpaired) electrons. The SMILES string of the molecule is COC(=O)CC(C=O)Cc1cccc(C(=O)OC)c1. The smallest absolute Gasteiger partial charge is 0.337 e. The second-order valence-corrected chi connectivity index (χ2v) is 4.07. The van der Waals surface area contributed by atoms with E-state index in [0.29, 0.717) is 12.0 Å². The first-order valence-electron chi connectivity index (χ1n) is 5.80. The highest BCUT2D eigenvalue weighted by Gasteiger charge is 2.15. The maximum absolute atomic E-state index is 11.4. The van der Waals surface area contributed by atoms with Crippen molar-refractivity contribution in [3.05, 3.63) is 35.4 Å². The van der Waals surface area contributed by atoms with E-state index in [4.69, 9.17) is 0 Å². The van der Waals surface area contributed by atoms with Gasteiger partial charge in [0.1, 0.15) is 6.29 Å². The third-order valence-corrected chi connectivity index (χ3v) is 2.69. The summed E-state index contributed by atoms with van der Waals surface area (Å²) in [5, 5.41) is 0. The van der Waals surface area contributed by atoms with Gasteiger partial charge in [0.15, 0.2) is 0 Å². The molecule has 1 unspecified atom stereocenters. The van der Waals surface area contributed by atoms with Crippen molar-refractivity contribution in [1.82, 2.24) is 0 Å². The van der Waals surface area contributed by atoms with Gasteiger partial charge in [0.25, 0.3) is 0 Å². The third-order valence-electron chi connectivity index (χ3n) is 2.69. The fourth-order valence-electron chi connectivity index (χ4n) is 1.71. The third kappa shape index (κ3) is 4.54.